The molecule has 1 rings (SSSR count). The van der Waals surface area contributed by atoms with Crippen molar-refractivity contribution in [3.63, 3.8) is 0 Å². The Balaban J connectivity index is 3.44. The molecule has 66 valence electrons. The van der Waals surface area contributed by atoms with Gasteiger partial charge in [-0.1, -0.05) is 11.6 Å². The molecule has 0 atom stereocenters. The molecule has 4 nitrogen and oxygen atoms in total. The number of nitro benzene ring substituents is 1. The van der Waals surface area contributed by atoms with Crippen molar-refractivity contribution in [2.45, 2.75) is 0 Å². The molecule has 0 spiro atoms. The molecule has 13 heavy (non-hydrogen) atoms. The van der Waals surface area contributed by atoms with Crippen LogP contribution in [0.3, 0.4) is 0 Å². The average Bonchev–Trinajstić information content (AvgIpc) is 2.08. The summed E-state index contributed by atoms with van der Waals surface area (Å²) >= 11 is 8.69. The molecular formula is C7H2BrClN2O2. The number of nitro groups is 1. The van der Waals surface area contributed by atoms with Gasteiger partial charge in [-0.05, 0) is 22.0 Å². The monoisotopic (exact) mass is 260 g/mol. The molecular weight excluding hydrogens is 259 g/mol. The van der Waals surface area contributed by atoms with Gasteiger partial charge in [0.1, 0.15) is 11.6 Å². The summed E-state index contributed by atoms with van der Waals surface area (Å²) in [7, 11) is 0. The summed E-state index contributed by atoms with van der Waals surface area (Å²) in [6, 6.07) is 4.18. The zero-order valence-electron chi connectivity index (χ0n) is 6.12. The third-order valence-electron chi connectivity index (χ3n) is 1.36. The van der Waals surface area contributed by atoms with Crippen LogP contribution in [-0.2, 0) is 0 Å². The Hall–Kier alpha value is -1.12. The maximum Gasteiger partial charge on any atom is 0.288 e. The van der Waals surface area contributed by atoms with Gasteiger partial charge in [-0.2, -0.15) is 5.26 Å². The Kier molecular flexibility index (Phi) is 2.86. The molecule has 0 aliphatic heterocycles. The van der Waals surface area contributed by atoms with Crippen LogP contribution < -0.4 is 0 Å². The number of nitriles is 1. The predicted molar refractivity (Wildman–Crippen MR) is 50.5 cm³/mol. The van der Waals surface area contributed by atoms with Gasteiger partial charge in [-0.25, -0.2) is 0 Å². The average molecular weight is 261 g/mol. The molecule has 0 fully saturated rings. The fourth-order valence-corrected chi connectivity index (χ4v) is 1.28. The predicted octanol–water partition coefficient (Wildman–Crippen LogP) is 2.88. The summed E-state index contributed by atoms with van der Waals surface area (Å²) in [5, 5.41) is 19.2. The van der Waals surface area contributed by atoms with E-state index in [-0.39, 0.29) is 16.3 Å². The highest BCUT2D eigenvalue weighted by molar-refractivity contribution is 9.10. The molecule has 0 bridgehead atoms. The van der Waals surface area contributed by atoms with E-state index in [0.29, 0.717) is 4.47 Å². The first-order chi connectivity index (χ1) is 6.06. The Morgan fingerprint density at radius 1 is 1.62 bits per heavy atom. The number of hydrogen-bond donors (Lipinski definition) is 0. The number of halogens is 2. The summed E-state index contributed by atoms with van der Waals surface area (Å²) in [5.74, 6) is 0. The molecule has 0 saturated carbocycles. The zero-order chi connectivity index (χ0) is 10.0. The van der Waals surface area contributed by atoms with Crippen LogP contribution >= 0.6 is 27.5 Å². The fraction of sp³-hybridized carbons (Fsp3) is 0. The maximum atomic E-state index is 10.4. The molecule has 0 aromatic heterocycles. The minimum Gasteiger partial charge on any atom is -0.258 e. The van der Waals surface area contributed by atoms with Gasteiger partial charge in [0.25, 0.3) is 5.69 Å². The van der Waals surface area contributed by atoms with Gasteiger partial charge in [0.15, 0.2) is 0 Å². The van der Waals surface area contributed by atoms with E-state index in [1.165, 1.54) is 6.07 Å². The minimum absolute atomic E-state index is 0.0127. The first kappa shape index (κ1) is 9.96. The van der Waals surface area contributed by atoms with E-state index >= 15 is 0 Å². The summed E-state index contributed by atoms with van der Waals surface area (Å²) in [4.78, 5) is 9.78. The van der Waals surface area contributed by atoms with Gasteiger partial charge in [-0.3, -0.25) is 10.1 Å². The topological polar surface area (TPSA) is 66.9 Å². The molecule has 0 aliphatic rings. The van der Waals surface area contributed by atoms with Crippen molar-refractivity contribution in [2.24, 2.45) is 0 Å². The molecule has 0 aliphatic carbocycles. The second kappa shape index (κ2) is 3.73. The van der Waals surface area contributed by atoms with Crippen molar-refractivity contribution in [1.29, 1.82) is 5.26 Å². The summed E-state index contributed by atoms with van der Waals surface area (Å²) < 4.78 is 0.469. The van der Waals surface area contributed by atoms with Crippen LogP contribution in [0.4, 0.5) is 5.69 Å². The van der Waals surface area contributed by atoms with Gasteiger partial charge in [-0.15, -0.1) is 0 Å². The van der Waals surface area contributed by atoms with Crippen LogP contribution in [0.2, 0.25) is 5.02 Å². The van der Waals surface area contributed by atoms with Crippen LogP contribution in [0, 0.1) is 21.4 Å². The third kappa shape index (κ3) is 1.97. The first-order valence-electron chi connectivity index (χ1n) is 3.10. The summed E-state index contributed by atoms with van der Waals surface area (Å²) in [6.45, 7) is 0. The lowest BCUT2D eigenvalue weighted by atomic mass is 10.2. The molecule has 1 aromatic rings. The fourth-order valence-electron chi connectivity index (χ4n) is 0.777. The molecule has 6 heteroatoms. The SMILES string of the molecule is N#Cc1cc(Br)c(Cl)cc1[N+](=O)[O-]. The summed E-state index contributed by atoms with van der Waals surface area (Å²) in [5.41, 5.74) is -0.294. The highest BCUT2D eigenvalue weighted by Crippen LogP contribution is 2.29. The molecule has 0 radical (unpaired) electrons. The molecule has 0 heterocycles. The lowest BCUT2D eigenvalue weighted by molar-refractivity contribution is -0.385. The standard InChI is InChI=1S/C7H2BrClN2O2/c8-5-1-4(3-10)7(11(12)13)2-6(5)9/h1-2H. The lowest BCUT2D eigenvalue weighted by Gasteiger charge is -1.97. The number of hydrogen-bond acceptors (Lipinski definition) is 3. The van der Waals surface area contributed by atoms with Crippen LogP contribution in [0.1, 0.15) is 5.56 Å². The molecule has 0 saturated heterocycles. The van der Waals surface area contributed by atoms with Gasteiger partial charge in [0, 0.05) is 10.5 Å². The molecule has 0 amide bonds. The van der Waals surface area contributed by atoms with E-state index in [0.717, 1.165) is 6.07 Å². The minimum atomic E-state index is -0.642. The smallest absolute Gasteiger partial charge is 0.258 e. The molecule has 1 aromatic carbocycles. The Bertz CT molecular complexity index is 414. The number of rotatable bonds is 1. The van der Waals surface area contributed by atoms with E-state index in [1.807, 2.05) is 0 Å². The normalized spacial score (nSPS) is 9.31. The number of nitrogens with zero attached hydrogens (tertiary/aromatic N) is 2. The van der Waals surface area contributed by atoms with Crippen molar-refractivity contribution in [1.82, 2.24) is 0 Å². The second-order valence-electron chi connectivity index (χ2n) is 2.15. The summed E-state index contributed by atoms with van der Waals surface area (Å²) in [6.07, 6.45) is 0. The third-order valence-corrected chi connectivity index (χ3v) is 2.55. The quantitative estimate of drug-likeness (QED) is 0.576. The van der Waals surface area contributed by atoms with Crippen molar-refractivity contribution < 1.29 is 4.92 Å². The largest absolute Gasteiger partial charge is 0.288 e. The maximum absolute atomic E-state index is 10.4. The first-order valence-corrected chi connectivity index (χ1v) is 4.27. The van der Waals surface area contributed by atoms with Gasteiger partial charge >= 0.3 is 0 Å². The highest BCUT2D eigenvalue weighted by Gasteiger charge is 2.15. The Morgan fingerprint density at radius 3 is 2.69 bits per heavy atom. The number of benzene rings is 1. The van der Waals surface area contributed by atoms with E-state index in [4.69, 9.17) is 16.9 Å². The van der Waals surface area contributed by atoms with Crippen molar-refractivity contribution in [3.05, 3.63) is 37.3 Å². The van der Waals surface area contributed by atoms with E-state index in [1.54, 1.807) is 6.07 Å². The van der Waals surface area contributed by atoms with Gasteiger partial charge in [0.05, 0.1) is 9.95 Å². The zero-order valence-corrected chi connectivity index (χ0v) is 8.46. The van der Waals surface area contributed by atoms with Gasteiger partial charge < -0.3 is 0 Å². The highest BCUT2D eigenvalue weighted by atomic mass is 79.9. The molecule has 0 N–H and O–H groups in total. The van der Waals surface area contributed by atoms with Crippen molar-refractivity contribution in [3.8, 4) is 6.07 Å². The van der Waals surface area contributed by atoms with Crippen LogP contribution in [0.15, 0.2) is 16.6 Å². The Labute approximate surface area is 87.0 Å². The van der Waals surface area contributed by atoms with Crippen molar-refractivity contribution >= 4 is 33.2 Å². The van der Waals surface area contributed by atoms with E-state index < -0.39 is 4.92 Å². The molecule has 0 unspecified atom stereocenters. The van der Waals surface area contributed by atoms with Crippen LogP contribution in [0.5, 0.6) is 0 Å². The van der Waals surface area contributed by atoms with Crippen LogP contribution in [-0.4, -0.2) is 4.92 Å². The van der Waals surface area contributed by atoms with E-state index in [9.17, 15) is 10.1 Å². The lowest BCUT2D eigenvalue weighted by Crippen LogP contribution is -1.92. The van der Waals surface area contributed by atoms with Crippen LogP contribution in [0.25, 0.3) is 0 Å². The van der Waals surface area contributed by atoms with Gasteiger partial charge in [0.2, 0.25) is 0 Å². The van der Waals surface area contributed by atoms with Crippen molar-refractivity contribution in [2.75, 3.05) is 0 Å². The van der Waals surface area contributed by atoms with E-state index in [2.05, 4.69) is 15.9 Å². The Morgan fingerprint density at radius 2 is 2.23 bits per heavy atom. The second-order valence-corrected chi connectivity index (χ2v) is 3.41.